The molecule has 2 N–H and O–H groups in total. The summed E-state index contributed by atoms with van der Waals surface area (Å²) in [7, 11) is 1.80. The third-order valence-corrected chi connectivity index (χ3v) is 4.44. The smallest absolute Gasteiger partial charge is 0.422 e. The van der Waals surface area contributed by atoms with Gasteiger partial charge in [-0.1, -0.05) is 23.2 Å². The highest BCUT2D eigenvalue weighted by molar-refractivity contribution is 14.0. The van der Waals surface area contributed by atoms with Gasteiger partial charge < -0.3 is 19.9 Å². The summed E-state index contributed by atoms with van der Waals surface area (Å²) in [5.41, 5.74) is 1.53. The highest BCUT2D eigenvalue weighted by Gasteiger charge is 2.28. The molecule has 0 unspecified atom stereocenters. The van der Waals surface area contributed by atoms with E-state index in [4.69, 9.17) is 23.2 Å². The lowest BCUT2D eigenvalue weighted by Crippen LogP contribution is -2.37. The van der Waals surface area contributed by atoms with Crippen LogP contribution < -0.4 is 15.4 Å². The predicted molar refractivity (Wildman–Crippen MR) is 118 cm³/mol. The SMILES string of the molecule is CCNC(=NCc1ccnc(OCC(F)(F)F)c1)NCc1cc(Cl)c(Cl)n1C.I. The number of hydrogen-bond donors (Lipinski definition) is 2. The minimum absolute atomic E-state index is 0. The zero-order valence-electron chi connectivity index (χ0n) is 15.7. The number of nitrogens with one attached hydrogen (secondary N) is 2. The van der Waals surface area contributed by atoms with E-state index in [-0.39, 0.29) is 36.4 Å². The fourth-order valence-electron chi connectivity index (χ4n) is 2.23. The van der Waals surface area contributed by atoms with Crippen LogP contribution in [0.2, 0.25) is 10.2 Å². The first-order valence-corrected chi connectivity index (χ1v) is 9.11. The number of alkyl halides is 3. The fraction of sp³-hybridized carbons (Fsp3) is 0.412. The fourth-order valence-corrected chi connectivity index (χ4v) is 2.64. The van der Waals surface area contributed by atoms with Crippen molar-refractivity contribution in [3.05, 3.63) is 45.8 Å². The van der Waals surface area contributed by atoms with E-state index < -0.39 is 12.8 Å². The predicted octanol–water partition coefficient (Wildman–Crippen LogP) is 4.54. The van der Waals surface area contributed by atoms with Crippen molar-refractivity contribution in [1.29, 1.82) is 0 Å². The van der Waals surface area contributed by atoms with Crippen LogP contribution in [-0.4, -0.2) is 34.8 Å². The van der Waals surface area contributed by atoms with Gasteiger partial charge in [-0.15, -0.1) is 24.0 Å². The highest BCUT2D eigenvalue weighted by Crippen LogP contribution is 2.25. The van der Waals surface area contributed by atoms with Crippen LogP contribution in [0.25, 0.3) is 0 Å². The molecule has 0 spiro atoms. The maximum atomic E-state index is 12.3. The third-order valence-electron chi connectivity index (χ3n) is 3.60. The molecule has 2 rings (SSSR count). The van der Waals surface area contributed by atoms with E-state index in [1.54, 1.807) is 23.7 Å². The van der Waals surface area contributed by atoms with E-state index in [1.165, 1.54) is 12.3 Å². The minimum atomic E-state index is -4.42. The number of hydrogen-bond acceptors (Lipinski definition) is 3. The molecular weight excluding hydrogens is 545 g/mol. The summed E-state index contributed by atoms with van der Waals surface area (Å²) in [6.07, 6.45) is -3.04. The summed E-state index contributed by atoms with van der Waals surface area (Å²) in [6, 6.07) is 4.84. The molecule has 0 saturated carbocycles. The van der Waals surface area contributed by atoms with E-state index in [1.807, 2.05) is 6.92 Å². The largest absolute Gasteiger partial charge is 0.468 e. The number of guanidine groups is 1. The number of nitrogens with zero attached hydrogens (tertiary/aromatic N) is 3. The maximum Gasteiger partial charge on any atom is 0.422 e. The molecule has 29 heavy (non-hydrogen) atoms. The standard InChI is InChI=1S/C17H20Cl2F3N5O.HI/c1-3-23-16(26-9-12-7-13(18)15(19)27(12)2)25-8-11-4-5-24-14(6-11)28-10-17(20,21)22;/h4-7H,3,8-10H2,1-2H3,(H2,23,25,26);1H. The lowest BCUT2D eigenvalue weighted by Gasteiger charge is -2.12. The molecule has 2 aromatic rings. The van der Waals surface area contributed by atoms with Crippen molar-refractivity contribution in [2.24, 2.45) is 12.0 Å². The van der Waals surface area contributed by atoms with Crippen molar-refractivity contribution in [3.8, 4) is 5.88 Å². The van der Waals surface area contributed by atoms with Gasteiger partial charge in [-0.2, -0.15) is 13.2 Å². The van der Waals surface area contributed by atoms with Crippen molar-refractivity contribution in [2.75, 3.05) is 13.2 Å². The van der Waals surface area contributed by atoms with Crippen LogP contribution in [0.5, 0.6) is 5.88 Å². The van der Waals surface area contributed by atoms with Crippen LogP contribution in [0.15, 0.2) is 29.4 Å². The van der Waals surface area contributed by atoms with Crippen LogP contribution in [0.3, 0.4) is 0 Å². The van der Waals surface area contributed by atoms with Crippen molar-refractivity contribution < 1.29 is 17.9 Å². The number of rotatable bonds is 7. The maximum absolute atomic E-state index is 12.3. The molecule has 12 heteroatoms. The Morgan fingerprint density at radius 3 is 2.59 bits per heavy atom. The molecule has 0 aliphatic rings. The summed E-state index contributed by atoms with van der Waals surface area (Å²) < 4.78 is 43.2. The Labute approximate surface area is 193 Å². The second kappa shape index (κ2) is 11.7. The molecule has 2 heterocycles. The van der Waals surface area contributed by atoms with Crippen LogP contribution in [0.1, 0.15) is 18.2 Å². The Kier molecular flexibility index (Phi) is 10.3. The monoisotopic (exact) mass is 565 g/mol. The Morgan fingerprint density at radius 2 is 2.00 bits per heavy atom. The minimum Gasteiger partial charge on any atom is -0.468 e. The van der Waals surface area contributed by atoms with Gasteiger partial charge in [0, 0.05) is 31.5 Å². The van der Waals surface area contributed by atoms with Gasteiger partial charge in [-0.3, -0.25) is 0 Å². The number of aromatic nitrogens is 2. The van der Waals surface area contributed by atoms with Gasteiger partial charge in [-0.25, -0.2) is 9.98 Å². The average molecular weight is 566 g/mol. The second-order valence-corrected chi connectivity index (χ2v) is 6.55. The molecule has 0 amide bonds. The Hall–Kier alpha value is -1.40. The van der Waals surface area contributed by atoms with E-state index in [0.29, 0.717) is 34.8 Å². The zero-order chi connectivity index (χ0) is 20.7. The van der Waals surface area contributed by atoms with Crippen LogP contribution in [-0.2, 0) is 20.1 Å². The summed E-state index contributed by atoms with van der Waals surface area (Å²) in [6.45, 7) is 1.83. The molecule has 0 bridgehead atoms. The van der Waals surface area contributed by atoms with E-state index in [0.717, 1.165) is 5.69 Å². The van der Waals surface area contributed by atoms with E-state index in [9.17, 15) is 13.2 Å². The van der Waals surface area contributed by atoms with Crippen molar-refractivity contribution in [3.63, 3.8) is 0 Å². The quantitative estimate of drug-likeness (QED) is 0.294. The Balaban J connectivity index is 0.00000420. The Bertz CT molecular complexity index is 830. The van der Waals surface area contributed by atoms with Gasteiger partial charge in [0.1, 0.15) is 5.15 Å². The number of pyridine rings is 1. The molecule has 6 nitrogen and oxygen atoms in total. The molecule has 0 aromatic carbocycles. The van der Waals surface area contributed by atoms with Gasteiger partial charge in [0.25, 0.3) is 0 Å². The van der Waals surface area contributed by atoms with Gasteiger partial charge in [0.2, 0.25) is 5.88 Å². The molecule has 0 radical (unpaired) electrons. The van der Waals surface area contributed by atoms with Crippen LogP contribution >= 0.6 is 47.2 Å². The van der Waals surface area contributed by atoms with E-state index >= 15 is 0 Å². The summed E-state index contributed by atoms with van der Waals surface area (Å²) in [4.78, 5) is 8.19. The topological polar surface area (TPSA) is 63.5 Å². The molecular formula is C17H21Cl2F3IN5O. The molecule has 0 fully saturated rings. The zero-order valence-corrected chi connectivity index (χ0v) is 19.5. The number of halogens is 6. The first kappa shape index (κ1) is 25.6. The molecule has 162 valence electrons. The lowest BCUT2D eigenvalue weighted by molar-refractivity contribution is -0.154. The first-order valence-electron chi connectivity index (χ1n) is 8.36. The third kappa shape index (κ3) is 8.47. The normalized spacial score (nSPS) is 11.8. The van der Waals surface area contributed by atoms with Crippen molar-refractivity contribution in [1.82, 2.24) is 20.2 Å². The van der Waals surface area contributed by atoms with Gasteiger partial charge in [-0.05, 0) is 24.6 Å². The number of ether oxygens (including phenoxy) is 1. The van der Waals surface area contributed by atoms with E-state index in [2.05, 4.69) is 25.3 Å². The van der Waals surface area contributed by atoms with Gasteiger partial charge in [0.05, 0.1) is 18.1 Å². The molecule has 0 atom stereocenters. The Morgan fingerprint density at radius 1 is 1.28 bits per heavy atom. The summed E-state index contributed by atoms with van der Waals surface area (Å²) in [5, 5.41) is 7.16. The number of aliphatic imine (C=N–C) groups is 1. The molecule has 0 saturated heterocycles. The average Bonchev–Trinajstić information content (AvgIpc) is 2.89. The van der Waals surface area contributed by atoms with Crippen LogP contribution in [0, 0.1) is 0 Å². The summed E-state index contributed by atoms with van der Waals surface area (Å²) in [5.74, 6) is 0.432. The second-order valence-electron chi connectivity index (χ2n) is 5.79. The first-order chi connectivity index (χ1) is 13.2. The van der Waals surface area contributed by atoms with Crippen molar-refractivity contribution >= 4 is 53.1 Å². The highest BCUT2D eigenvalue weighted by atomic mass is 127. The van der Waals surface area contributed by atoms with Crippen LogP contribution in [0.4, 0.5) is 13.2 Å². The lowest BCUT2D eigenvalue weighted by atomic mass is 10.3. The van der Waals surface area contributed by atoms with Crippen molar-refractivity contribution in [2.45, 2.75) is 26.2 Å². The molecule has 0 aliphatic heterocycles. The van der Waals surface area contributed by atoms with Gasteiger partial charge >= 0.3 is 6.18 Å². The molecule has 0 aliphatic carbocycles. The summed E-state index contributed by atoms with van der Waals surface area (Å²) >= 11 is 12.1. The molecule has 2 aromatic heterocycles. The van der Waals surface area contributed by atoms with Gasteiger partial charge in [0.15, 0.2) is 12.6 Å².